The van der Waals surface area contributed by atoms with Crippen molar-refractivity contribution in [1.29, 1.82) is 0 Å². The Kier molecular flexibility index (Phi) is 6.01. The number of rotatable bonds is 5. The van der Waals surface area contributed by atoms with Gasteiger partial charge in [0.1, 0.15) is 11.5 Å². The van der Waals surface area contributed by atoms with Crippen LogP contribution < -0.4 is 10.1 Å². The van der Waals surface area contributed by atoms with Gasteiger partial charge >= 0.3 is 6.18 Å². The van der Waals surface area contributed by atoms with Gasteiger partial charge in [0.2, 0.25) is 5.91 Å². The van der Waals surface area contributed by atoms with Crippen LogP contribution in [0.2, 0.25) is 0 Å². The van der Waals surface area contributed by atoms with Crippen LogP contribution in [0.5, 0.6) is 11.5 Å². The highest BCUT2D eigenvalue weighted by Gasteiger charge is 2.33. The largest absolute Gasteiger partial charge is 0.457 e. The maximum atomic E-state index is 12.8. The molecule has 1 saturated heterocycles. The normalized spacial score (nSPS) is 15.1. The first-order valence-electron chi connectivity index (χ1n) is 10.6. The average molecular weight is 456 g/mol. The minimum Gasteiger partial charge on any atom is -0.457 e. The molecule has 0 spiro atoms. The first kappa shape index (κ1) is 22.6. The van der Waals surface area contributed by atoms with Crippen molar-refractivity contribution < 1.29 is 27.5 Å². The van der Waals surface area contributed by atoms with E-state index in [0.717, 1.165) is 22.9 Å². The SMILES string of the molecule is CC(=O)N1CC(C(C)NC(=O)c2ccc3c(Oc4ccc(C(F)(F)F)cc4)cccc3c2)C1. The Labute approximate surface area is 189 Å². The molecule has 8 heteroatoms. The van der Waals surface area contributed by atoms with E-state index in [0.29, 0.717) is 24.4 Å². The number of ether oxygens (including phenoxy) is 1. The first-order chi connectivity index (χ1) is 15.6. The molecule has 1 heterocycles. The number of nitrogens with zero attached hydrogens (tertiary/aromatic N) is 1. The molecule has 1 aliphatic rings. The Morgan fingerprint density at radius 3 is 2.39 bits per heavy atom. The zero-order valence-electron chi connectivity index (χ0n) is 18.1. The highest BCUT2D eigenvalue weighted by Crippen LogP contribution is 2.34. The number of hydrogen-bond acceptors (Lipinski definition) is 3. The van der Waals surface area contributed by atoms with Gasteiger partial charge in [0.05, 0.1) is 5.56 Å². The summed E-state index contributed by atoms with van der Waals surface area (Å²) in [5, 5.41) is 4.50. The van der Waals surface area contributed by atoms with Gasteiger partial charge in [0, 0.05) is 42.9 Å². The highest BCUT2D eigenvalue weighted by atomic mass is 19.4. The number of benzene rings is 3. The summed E-state index contributed by atoms with van der Waals surface area (Å²) >= 11 is 0. The molecule has 2 amide bonds. The van der Waals surface area contributed by atoms with Gasteiger partial charge in [-0.25, -0.2) is 0 Å². The van der Waals surface area contributed by atoms with Crippen molar-refractivity contribution in [2.45, 2.75) is 26.1 Å². The van der Waals surface area contributed by atoms with Crippen LogP contribution in [0.15, 0.2) is 60.7 Å². The third-order valence-corrected chi connectivity index (χ3v) is 5.93. The second-order valence-electron chi connectivity index (χ2n) is 8.26. The fourth-order valence-electron chi connectivity index (χ4n) is 3.82. The summed E-state index contributed by atoms with van der Waals surface area (Å²) in [6, 6.07) is 14.9. The zero-order chi connectivity index (χ0) is 23.8. The standard InChI is InChI=1S/C25H23F3N2O3/c1-15(19-13-30(14-19)16(2)31)29-24(32)18-6-11-22-17(12-18)4-3-5-23(22)33-21-9-7-20(8-10-21)25(26,27)28/h3-12,15,19H,13-14H2,1-2H3,(H,29,32). The Bertz CT molecular complexity index is 1190. The topological polar surface area (TPSA) is 58.6 Å². The Morgan fingerprint density at radius 1 is 1.06 bits per heavy atom. The minimum absolute atomic E-state index is 0.0358. The lowest BCUT2D eigenvalue weighted by atomic mass is 9.92. The summed E-state index contributed by atoms with van der Waals surface area (Å²) in [5.74, 6) is 0.813. The molecule has 1 N–H and O–H groups in total. The lowest BCUT2D eigenvalue weighted by Crippen LogP contribution is -2.56. The number of hydrogen-bond donors (Lipinski definition) is 1. The fraction of sp³-hybridized carbons (Fsp3) is 0.280. The molecule has 1 unspecified atom stereocenters. The van der Waals surface area contributed by atoms with Gasteiger partial charge in [0.25, 0.3) is 5.91 Å². The molecular weight excluding hydrogens is 433 g/mol. The van der Waals surface area contributed by atoms with Crippen LogP contribution in [0.25, 0.3) is 10.8 Å². The van der Waals surface area contributed by atoms with Crippen LogP contribution in [-0.4, -0.2) is 35.8 Å². The fourth-order valence-corrected chi connectivity index (χ4v) is 3.82. The van der Waals surface area contributed by atoms with E-state index in [4.69, 9.17) is 4.74 Å². The number of likely N-dealkylation sites (tertiary alicyclic amines) is 1. The summed E-state index contributed by atoms with van der Waals surface area (Å²) in [7, 11) is 0. The van der Waals surface area contributed by atoms with Gasteiger partial charge in [-0.3, -0.25) is 9.59 Å². The second-order valence-corrected chi connectivity index (χ2v) is 8.26. The molecule has 0 bridgehead atoms. The Morgan fingerprint density at radius 2 is 1.76 bits per heavy atom. The molecule has 5 nitrogen and oxygen atoms in total. The van der Waals surface area contributed by atoms with E-state index in [1.54, 1.807) is 35.2 Å². The van der Waals surface area contributed by atoms with Crippen molar-refractivity contribution in [2.24, 2.45) is 5.92 Å². The lowest BCUT2D eigenvalue weighted by molar-refractivity contribution is -0.137. The van der Waals surface area contributed by atoms with E-state index in [1.165, 1.54) is 19.1 Å². The van der Waals surface area contributed by atoms with E-state index in [1.807, 2.05) is 13.0 Å². The lowest BCUT2D eigenvalue weighted by Gasteiger charge is -2.42. The summed E-state index contributed by atoms with van der Waals surface area (Å²) in [6.45, 7) is 4.74. The van der Waals surface area contributed by atoms with Crippen LogP contribution in [-0.2, 0) is 11.0 Å². The molecule has 1 fully saturated rings. The van der Waals surface area contributed by atoms with Crippen molar-refractivity contribution >= 4 is 22.6 Å². The average Bonchev–Trinajstić information content (AvgIpc) is 2.72. The predicted molar refractivity (Wildman–Crippen MR) is 118 cm³/mol. The number of carbonyl (C=O) groups is 2. The molecule has 33 heavy (non-hydrogen) atoms. The van der Waals surface area contributed by atoms with Gasteiger partial charge in [-0.1, -0.05) is 12.1 Å². The molecule has 3 aromatic carbocycles. The van der Waals surface area contributed by atoms with Gasteiger partial charge < -0.3 is 15.0 Å². The molecule has 3 aromatic rings. The third kappa shape index (κ3) is 4.94. The number of fused-ring (bicyclic) bond motifs is 1. The van der Waals surface area contributed by atoms with Crippen molar-refractivity contribution in [3.8, 4) is 11.5 Å². The van der Waals surface area contributed by atoms with Gasteiger partial charge in [-0.15, -0.1) is 0 Å². The summed E-state index contributed by atoms with van der Waals surface area (Å²) in [5.41, 5.74) is -0.252. The maximum Gasteiger partial charge on any atom is 0.416 e. The first-order valence-corrected chi connectivity index (χ1v) is 10.6. The highest BCUT2D eigenvalue weighted by molar-refractivity contribution is 6.00. The van der Waals surface area contributed by atoms with E-state index in [9.17, 15) is 22.8 Å². The van der Waals surface area contributed by atoms with Gasteiger partial charge in [-0.05, 0) is 60.8 Å². The number of carbonyl (C=O) groups excluding carboxylic acids is 2. The molecule has 0 aliphatic carbocycles. The molecule has 1 aliphatic heterocycles. The number of nitrogens with one attached hydrogen (secondary N) is 1. The molecule has 172 valence electrons. The Hall–Kier alpha value is -3.55. The van der Waals surface area contributed by atoms with Gasteiger partial charge in [0.15, 0.2) is 0 Å². The Balaban J connectivity index is 1.46. The number of alkyl halides is 3. The van der Waals surface area contributed by atoms with Crippen LogP contribution in [0, 0.1) is 5.92 Å². The molecule has 1 atom stereocenters. The maximum absolute atomic E-state index is 12.8. The molecule has 0 radical (unpaired) electrons. The van der Waals surface area contributed by atoms with E-state index >= 15 is 0 Å². The van der Waals surface area contributed by atoms with Crippen LogP contribution in [0.4, 0.5) is 13.2 Å². The third-order valence-electron chi connectivity index (χ3n) is 5.93. The molecule has 0 aromatic heterocycles. The van der Waals surface area contributed by atoms with Crippen LogP contribution in [0.1, 0.15) is 29.8 Å². The van der Waals surface area contributed by atoms with Crippen molar-refractivity contribution in [3.63, 3.8) is 0 Å². The van der Waals surface area contributed by atoms with E-state index < -0.39 is 11.7 Å². The molecule has 0 saturated carbocycles. The predicted octanol–water partition coefficient (Wildman–Crippen LogP) is 5.25. The second kappa shape index (κ2) is 8.77. The van der Waals surface area contributed by atoms with E-state index in [2.05, 4.69) is 5.32 Å². The van der Waals surface area contributed by atoms with Gasteiger partial charge in [-0.2, -0.15) is 13.2 Å². The minimum atomic E-state index is -4.40. The monoisotopic (exact) mass is 456 g/mol. The van der Waals surface area contributed by atoms with Crippen molar-refractivity contribution in [2.75, 3.05) is 13.1 Å². The van der Waals surface area contributed by atoms with E-state index in [-0.39, 0.29) is 29.5 Å². The quantitative estimate of drug-likeness (QED) is 0.571. The number of halogens is 3. The summed E-state index contributed by atoms with van der Waals surface area (Å²) < 4.78 is 44.1. The zero-order valence-corrected chi connectivity index (χ0v) is 18.1. The smallest absolute Gasteiger partial charge is 0.416 e. The summed E-state index contributed by atoms with van der Waals surface area (Å²) in [6.07, 6.45) is -4.40. The van der Waals surface area contributed by atoms with Crippen molar-refractivity contribution in [3.05, 3.63) is 71.8 Å². The molecule has 4 rings (SSSR count). The van der Waals surface area contributed by atoms with Crippen LogP contribution in [0.3, 0.4) is 0 Å². The molecular formula is C25H23F3N2O3. The number of amides is 2. The van der Waals surface area contributed by atoms with Crippen LogP contribution >= 0.6 is 0 Å². The van der Waals surface area contributed by atoms with Crippen molar-refractivity contribution in [1.82, 2.24) is 10.2 Å². The summed E-state index contributed by atoms with van der Waals surface area (Å²) in [4.78, 5) is 25.8.